The third-order valence-corrected chi connectivity index (χ3v) is 8.17. The highest BCUT2D eigenvalue weighted by atomic mass is 16.5. The quantitative estimate of drug-likeness (QED) is 0.209. The molecule has 2 saturated heterocycles. The number of carbonyl (C=O) groups is 8. The number of ketones is 1. The van der Waals surface area contributed by atoms with E-state index in [1.165, 1.54) is 21.9 Å². The summed E-state index contributed by atoms with van der Waals surface area (Å²) in [5, 5.41) is 22.5. The van der Waals surface area contributed by atoms with E-state index in [-0.39, 0.29) is 63.3 Å². The van der Waals surface area contributed by atoms with Crippen molar-refractivity contribution in [3.63, 3.8) is 0 Å². The number of hydrogen-bond donors (Lipinski definition) is 3. The molecule has 7 amide bonds. The number of carbonyl (C=O) groups excluding carboxylic acids is 7. The number of aromatic carboxylic acids is 1. The highest BCUT2D eigenvalue weighted by Crippen LogP contribution is 2.36. The first-order chi connectivity index (χ1) is 21.4. The van der Waals surface area contributed by atoms with E-state index in [1.807, 2.05) is 0 Å². The van der Waals surface area contributed by atoms with Crippen molar-refractivity contribution < 1.29 is 53.1 Å². The molecule has 2 atom stereocenters. The molecule has 1 aromatic rings. The number of carboxylic acid groups (broad SMARTS) is 1. The first kappa shape index (κ1) is 33.1. The molecule has 17 heteroatoms. The maximum Gasteiger partial charge on any atom is 0.526 e. The van der Waals surface area contributed by atoms with Gasteiger partial charge in [-0.05, 0) is 38.3 Å². The number of rotatable bonds is 10. The minimum absolute atomic E-state index is 0.0200. The van der Waals surface area contributed by atoms with E-state index >= 15 is 0 Å². The lowest BCUT2D eigenvalue weighted by atomic mass is 9.64. The van der Waals surface area contributed by atoms with Crippen molar-refractivity contribution in [2.45, 2.75) is 51.4 Å². The van der Waals surface area contributed by atoms with Gasteiger partial charge in [0.05, 0.1) is 11.6 Å². The van der Waals surface area contributed by atoms with Crippen LogP contribution in [0.15, 0.2) is 18.2 Å². The first-order valence-electron chi connectivity index (χ1n) is 14.6. The van der Waals surface area contributed by atoms with E-state index in [1.54, 1.807) is 19.9 Å². The lowest BCUT2D eigenvalue weighted by molar-refractivity contribution is -0.161. The number of para-hydroxylation sites is 1. The molecule has 3 aliphatic heterocycles. The Morgan fingerprint density at radius 3 is 2.13 bits per heavy atom. The number of imide groups is 2. The number of benzene rings is 1. The summed E-state index contributed by atoms with van der Waals surface area (Å²) in [6, 6.07) is 1.98. The average molecular weight is 627 g/mol. The Labute approximate surface area is 258 Å². The van der Waals surface area contributed by atoms with Crippen LogP contribution in [0.5, 0.6) is 5.75 Å². The van der Waals surface area contributed by atoms with Gasteiger partial charge in [0.1, 0.15) is 5.75 Å². The van der Waals surface area contributed by atoms with E-state index < -0.39 is 72.7 Å². The van der Waals surface area contributed by atoms with E-state index in [0.717, 1.165) is 4.90 Å². The standard InChI is InChI=1S/C28H34BN5O11/c1-3-31-10-12-33(25(39)23(31)37)21(36)9-8-19(30-28(43)34-13-11-32(4-2)24(38)26(34)40)20(35)15-17-14-16-6-5-7-18(27(41)42)22(16)45-29(17)44/h5-7,17,19,44H,3-4,8-15H2,1-2H3,(H,30,43)(H,41,42)/t17-,19?/m1/s1. The largest absolute Gasteiger partial charge is 0.535 e. The van der Waals surface area contributed by atoms with Gasteiger partial charge in [0.25, 0.3) is 0 Å². The molecule has 3 aliphatic rings. The first-order valence-corrected chi connectivity index (χ1v) is 14.6. The molecular weight excluding hydrogens is 593 g/mol. The predicted molar refractivity (Wildman–Crippen MR) is 154 cm³/mol. The number of Topliss-reactive ketones (excluding diaryl/α,β-unsaturated/α-hetero) is 1. The van der Waals surface area contributed by atoms with Gasteiger partial charge in [-0.2, -0.15) is 0 Å². The molecule has 0 aliphatic carbocycles. The van der Waals surface area contributed by atoms with Crippen LogP contribution >= 0.6 is 0 Å². The zero-order valence-corrected chi connectivity index (χ0v) is 24.9. The smallest absolute Gasteiger partial charge is 0.526 e. The summed E-state index contributed by atoms with van der Waals surface area (Å²) >= 11 is 0. The second-order valence-corrected chi connectivity index (χ2v) is 10.9. The molecule has 1 aromatic carbocycles. The van der Waals surface area contributed by atoms with Gasteiger partial charge in [0, 0.05) is 57.9 Å². The van der Waals surface area contributed by atoms with Crippen LogP contribution in [-0.2, 0) is 35.2 Å². The fourth-order valence-corrected chi connectivity index (χ4v) is 5.55. The van der Waals surface area contributed by atoms with E-state index in [0.29, 0.717) is 17.0 Å². The van der Waals surface area contributed by atoms with Gasteiger partial charge < -0.3 is 29.9 Å². The maximum atomic E-state index is 13.6. The minimum Gasteiger partial charge on any atom is -0.535 e. The van der Waals surface area contributed by atoms with Crippen molar-refractivity contribution in [3.05, 3.63) is 29.3 Å². The van der Waals surface area contributed by atoms with Crippen LogP contribution < -0.4 is 9.97 Å². The summed E-state index contributed by atoms with van der Waals surface area (Å²) < 4.78 is 5.46. The van der Waals surface area contributed by atoms with Crippen LogP contribution in [0, 0.1) is 0 Å². The monoisotopic (exact) mass is 627 g/mol. The van der Waals surface area contributed by atoms with Crippen LogP contribution in [0.2, 0.25) is 5.82 Å². The number of nitrogens with zero attached hydrogens (tertiary/aromatic N) is 4. The Hall–Kier alpha value is -4.80. The number of nitrogens with one attached hydrogen (secondary N) is 1. The van der Waals surface area contributed by atoms with Crippen LogP contribution in [0.1, 0.15) is 49.0 Å². The van der Waals surface area contributed by atoms with Crippen molar-refractivity contribution in [2.75, 3.05) is 39.3 Å². The number of likely N-dealkylation sites (N-methyl/N-ethyl adjacent to an activating group) is 2. The second-order valence-electron chi connectivity index (χ2n) is 10.9. The number of urea groups is 1. The fourth-order valence-electron chi connectivity index (χ4n) is 5.55. The van der Waals surface area contributed by atoms with Crippen LogP contribution in [0.3, 0.4) is 0 Å². The third kappa shape index (κ3) is 6.98. The minimum atomic E-state index is -1.57. The molecule has 4 rings (SSSR count). The number of hydrogen-bond acceptors (Lipinski definition) is 10. The van der Waals surface area contributed by atoms with Crippen molar-refractivity contribution in [1.29, 1.82) is 0 Å². The lowest BCUT2D eigenvalue weighted by Gasteiger charge is -2.33. The molecule has 45 heavy (non-hydrogen) atoms. The van der Waals surface area contributed by atoms with Crippen LogP contribution in [-0.4, -0.2) is 129 Å². The Morgan fingerprint density at radius 1 is 0.933 bits per heavy atom. The Kier molecular flexibility index (Phi) is 10.2. The Balaban J connectivity index is 1.50. The van der Waals surface area contributed by atoms with Gasteiger partial charge >= 0.3 is 42.7 Å². The summed E-state index contributed by atoms with van der Waals surface area (Å²) in [5.74, 6) is -7.32. The topological polar surface area (TPSA) is 211 Å². The molecule has 0 radical (unpaired) electrons. The normalized spacial score (nSPS) is 19.3. The Morgan fingerprint density at radius 2 is 1.53 bits per heavy atom. The second kappa shape index (κ2) is 13.9. The predicted octanol–water partition coefficient (Wildman–Crippen LogP) is -1.10. The highest BCUT2D eigenvalue weighted by Gasteiger charge is 2.41. The molecule has 0 aromatic heterocycles. The van der Waals surface area contributed by atoms with Crippen LogP contribution in [0.25, 0.3) is 0 Å². The highest BCUT2D eigenvalue weighted by molar-refractivity contribution is 6.47. The van der Waals surface area contributed by atoms with Gasteiger partial charge in [-0.15, -0.1) is 0 Å². The van der Waals surface area contributed by atoms with E-state index in [2.05, 4.69) is 5.32 Å². The van der Waals surface area contributed by atoms with E-state index in [4.69, 9.17) is 4.65 Å². The van der Waals surface area contributed by atoms with Crippen molar-refractivity contribution in [2.24, 2.45) is 0 Å². The molecular formula is C28H34BN5O11. The average Bonchev–Trinajstić information content (AvgIpc) is 3.01. The summed E-state index contributed by atoms with van der Waals surface area (Å²) in [6.45, 7) is 4.01. The van der Waals surface area contributed by atoms with Gasteiger partial charge in [0.2, 0.25) is 5.91 Å². The maximum absolute atomic E-state index is 13.6. The van der Waals surface area contributed by atoms with Gasteiger partial charge in [-0.25, -0.2) is 9.59 Å². The SMILES string of the molecule is CCN1CCN(C(=O)CCC(NC(=O)N2CCN(CC)C(=O)C2=O)C(=O)C[C@H]2Cc3cccc(C(=O)O)c3OB2O)C(=O)C1=O. The summed E-state index contributed by atoms with van der Waals surface area (Å²) in [4.78, 5) is 105. The van der Waals surface area contributed by atoms with Crippen molar-refractivity contribution in [3.8, 4) is 5.75 Å². The molecule has 0 saturated carbocycles. The third-order valence-electron chi connectivity index (χ3n) is 8.17. The number of carboxylic acids is 1. The molecule has 0 bridgehead atoms. The summed E-state index contributed by atoms with van der Waals surface area (Å²) in [5.41, 5.74) is 0.288. The Bertz CT molecular complexity index is 1440. The zero-order valence-electron chi connectivity index (χ0n) is 24.9. The van der Waals surface area contributed by atoms with Gasteiger partial charge in [-0.3, -0.25) is 38.6 Å². The fraction of sp³-hybridized carbons (Fsp3) is 0.500. The molecule has 2 fully saturated rings. The zero-order chi connectivity index (χ0) is 33.0. The molecule has 1 unspecified atom stereocenters. The summed E-state index contributed by atoms with van der Waals surface area (Å²) in [6.07, 6.45) is -1.06. The molecule has 3 N–H and O–H groups in total. The van der Waals surface area contributed by atoms with Crippen LogP contribution in [0.4, 0.5) is 4.79 Å². The molecule has 16 nitrogen and oxygen atoms in total. The molecule has 3 heterocycles. The summed E-state index contributed by atoms with van der Waals surface area (Å²) in [7, 11) is -1.57. The molecule has 0 spiro atoms. The lowest BCUT2D eigenvalue weighted by Crippen LogP contribution is -2.60. The number of amides is 7. The number of fused-ring (bicyclic) bond motifs is 1. The van der Waals surface area contributed by atoms with Crippen molar-refractivity contribution >= 4 is 54.4 Å². The van der Waals surface area contributed by atoms with Gasteiger partial charge in [-0.1, -0.05) is 12.1 Å². The molecule has 240 valence electrons. The van der Waals surface area contributed by atoms with E-state index in [9.17, 15) is 48.5 Å². The number of piperazine rings is 2. The van der Waals surface area contributed by atoms with Gasteiger partial charge in [0.15, 0.2) is 5.78 Å². The van der Waals surface area contributed by atoms with Crippen molar-refractivity contribution in [1.82, 2.24) is 24.9 Å².